The van der Waals surface area contributed by atoms with E-state index in [1.54, 1.807) is 31.5 Å². The van der Waals surface area contributed by atoms with Gasteiger partial charge in [0, 0.05) is 12.4 Å². The number of hydrogen-bond donors (Lipinski definition) is 2. The summed E-state index contributed by atoms with van der Waals surface area (Å²) in [5.74, 6) is -1.45. The number of aliphatic hydroxyl groups excluding tert-OH is 1. The van der Waals surface area contributed by atoms with Gasteiger partial charge in [0.25, 0.3) is 5.91 Å². The summed E-state index contributed by atoms with van der Waals surface area (Å²) in [4.78, 5) is 44.4. The minimum absolute atomic E-state index is 0.00315. The Labute approximate surface area is 180 Å². The van der Waals surface area contributed by atoms with Crippen LogP contribution in [0.5, 0.6) is 0 Å². The summed E-state index contributed by atoms with van der Waals surface area (Å²) in [6.07, 6.45) is 3.16. The maximum atomic E-state index is 13.5. The van der Waals surface area contributed by atoms with E-state index in [0.717, 1.165) is 10.5 Å². The molecule has 0 spiro atoms. The van der Waals surface area contributed by atoms with Crippen molar-refractivity contribution in [3.63, 3.8) is 0 Å². The second-order valence-electron chi connectivity index (χ2n) is 7.17. The van der Waals surface area contributed by atoms with Crippen LogP contribution in [0.2, 0.25) is 0 Å². The highest BCUT2D eigenvalue weighted by atomic mass is 32.1. The van der Waals surface area contributed by atoms with Gasteiger partial charge in [-0.15, -0.1) is 11.3 Å². The largest absolute Gasteiger partial charge is 0.503 e. The zero-order chi connectivity index (χ0) is 21.7. The van der Waals surface area contributed by atoms with E-state index in [4.69, 9.17) is 0 Å². The number of ketones is 1. The van der Waals surface area contributed by atoms with E-state index in [9.17, 15) is 14.7 Å². The molecule has 154 valence electrons. The average Bonchev–Trinajstić information content (AvgIpc) is 3.42. The fourth-order valence-electron chi connectivity index (χ4n) is 3.83. The minimum Gasteiger partial charge on any atom is -0.503 e. The fourth-order valence-corrected chi connectivity index (χ4v) is 4.71. The molecule has 2 N–H and O–H groups in total. The van der Waals surface area contributed by atoms with Crippen LogP contribution in [0, 0.1) is 13.8 Å². The zero-order valence-corrected chi connectivity index (χ0v) is 17.5. The SMILES string of the molecule is Cc1nc(C)c(C(=O)C2=C(O)C(=O)N(c3nc4ccccc4[nH]3)C2c2ccncc2)s1. The number of Topliss-reactive ketones (excluding diaryl/α,β-unsaturated/α-hetero) is 1. The number of imidazole rings is 1. The number of aromatic nitrogens is 4. The van der Waals surface area contributed by atoms with Crippen molar-refractivity contribution in [2.24, 2.45) is 0 Å². The lowest BCUT2D eigenvalue weighted by Crippen LogP contribution is -2.32. The number of anilines is 1. The average molecular weight is 431 g/mol. The Morgan fingerprint density at radius 2 is 1.87 bits per heavy atom. The number of nitrogens with zero attached hydrogens (tertiary/aromatic N) is 4. The number of aryl methyl sites for hydroxylation is 2. The van der Waals surface area contributed by atoms with Gasteiger partial charge in [-0.25, -0.2) is 9.97 Å². The smallest absolute Gasteiger partial charge is 0.296 e. The van der Waals surface area contributed by atoms with Gasteiger partial charge in [-0.05, 0) is 43.7 Å². The number of pyridine rings is 1. The van der Waals surface area contributed by atoms with Crippen molar-refractivity contribution >= 4 is 40.0 Å². The first-order chi connectivity index (χ1) is 15.0. The van der Waals surface area contributed by atoms with E-state index >= 15 is 0 Å². The summed E-state index contributed by atoms with van der Waals surface area (Å²) in [6, 6.07) is 9.94. The first-order valence-electron chi connectivity index (χ1n) is 9.56. The summed E-state index contributed by atoms with van der Waals surface area (Å²) in [6.45, 7) is 3.55. The van der Waals surface area contributed by atoms with Crippen molar-refractivity contribution in [2.45, 2.75) is 19.9 Å². The van der Waals surface area contributed by atoms with Crippen molar-refractivity contribution < 1.29 is 14.7 Å². The van der Waals surface area contributed by atoms with Crippen LogP contribution in [0.25, 0.3) is 11.0 Å². The molecule has 0 saturated carbocycles. The minimum atomic E-state index is -0.856. The number of carbonyl (C=O) groups is 2. The Bertz CT molecular complexity index is 1340. The van der Waals surface area contributed by atoms with Gasteiger partial charge >= 0.3 is 0 Å². The number of nitrogens with one attached hydrogen (secondary N) is 1. The molecule has 0 radical (unpaired) electrons. The summed E-state index contributed by atoms with van der Waals surface area (Å²) < 4.78 is 0. The maximum Gasteiger partial charge on any atom is 0.296 e. The van der Waals surface area contributed by atoms with Crippen LogP contribution in [-0.2, 0) is 4.79 Å². The van der Waals surface area contributed by atoms with Crippen molar-refractivity contribution in [3.8, 4) is 0 Å². The zero-order valence-electron chi connectivity index (χ0n) is 16.7. The van der Waals surface area contributed by atoms with Crippen molar-refractivity contribution in [3.05, 3.63) is 81.3 Å². The molecule has 4 heterocycles. The van der Waals surface area contributed by atoms with Crippen molar-refractivity contribution in [1.82, 2.24) is 19.9 Å². The number of thiazole rings is 1. The third-order valence-corrected chi connectivity index (χ3v) is 6.26. The Balaban J connectivity index is 1.69. The Kier molecular flexibility index (Phi) is 4.40. The predicted molar refractivity (Wildman–Crippen MR) is 116 cm³/mol. The monoisotopic (exact) mass is 431 g/mol. The van der Waals surface area contributed by atoms with Crippen LogP contribution in [0.4, 0.5) is 5.95 Å². The maximum absolute atomic E-state index is 13.5. The number of H-pyrrole nitrogens is 1. The van der Waals surface area contributed by atoms with Crippen LogP contribution < -0.4 is 4.90 Å². The Hall–Kier alpha value is -3.85. The number of para-hydroxylation sites is 2. The number of fused-ring (bicyclic) bond motifs is 1. The van der Waals surface area contributed by atoms with Gasteiger partial charge in [0.2, 0.25) is 11.7 Å². The number of rotatable bonds is 4. The van der Waals surface area contributed by atoms with Gasteiger partial charge in [-0.2, -0.15) is 0 Å². The first kappa shape index (κ1) is 19.1. The lowest BCUT2D eigenvalue weighted by Gasteiger charge is -2.24. The molecular weight excluding hydrogens is 414 g/mol. The molecule has 0 saturated heterocycles. The molecule has 1 unspecified atom stereocenters. The summed E-state index contributed by atoms with van der Waals surface area (Å²) in [5, 5.41) is 11.6. The van der Waals surface area contributed by atoms with Gasteiger partial charge in [0.15, 0.2) is 5.76 Å². The molecule has 4 aromatic rings. The van der Waals surface area contributed by atoms with Crippen LogP contribution in [-0.4, -0.2) is 36.7 Å². The normalized spacial score (nSPS) is 16.5. The Morgan fingerprint density at radius 1 is 1.13 bits per heavy atom. The molecule has 5 rings (SSSR count). The van der Waals surface area contributed by atoms with Crippen molar-refractivity contribution in [2.75, 3.05) is 4.90 Å². The van der Waals surface area contributed by atoms with Crippen molar-refractivity contribution in [1.29, 1.82) is 0 Å². The molecular formula is C22H17N5O3S. The van der Waals surface area contributed by atoms with E-state index in [1.807, 2.05) is 31.2 Å². The lowest BCUT2D eigenvalue weighted by molar-refractivity contribution is -0.117. The van der Waals surface area contributed by atoms with Crippen LogP contribution >= 0.6 is 11.3 Å². The highest BCUT2D eigenvalue weighted by Crippen LogP contribution is 2.42. The van der Waals surface area contributed by atoms with Crippen LogP contribution in [0.15, 0.2) is 60.1 Å². The topological polar surface area (TPSA) is 112 Å². The first-order valence-corrected chi connectivity index (χ1v) is 10.4. The number of carbonyl (C=O) groups excluding carboxylic acids is 2. The number of benzene rings is 1. The molecule has 31 heavy (non-hydrogen) atoms. The van der Waals surface area contributed by atoms with Gasteiger partial charge in [0.05, 0.1) is 38.2 Å². The molecule has 0 bridgehead atoms. The van der Waals surface area contributed by atoms with Crippen LogP contribution in [0.3, 0.4) is 0 Å². The van der Waals surface area contributed by atoms with Crippen LogP contribution in [0.1, 0.15) is 32.0 Å². The molecule has 9 heteroatoms. The van der Waals surface area contributed by atoms with Gasteiger partial charge < -0.3 is 10.1 Å². The third-order valence-electron chi connectivity index (χ3n) is 5.19. The van der Waals surface area contributed by atoms with E-state index < -0.39 is 23.5 Å². The van der Waals surface area contributed by atoms with E-state index in [1.165, 1.54) is 16.2 Å². The number of aromatic amines is 1. The Morgan fingerprint density at radius 3 is 2.55 bits per heavy atom. The van der Waals surface area contributed by atoms with Gasteiger partial charge in [-0.1, -0.05) is 12.1 Å². The summed E-state index contributed by atoms with van der Waals surface area (Å²) in [7, 11) is 0. The second kappa shape index (κ2) is 7.13. The molecule has 1 aliphatic rings. The summed E-state index contributed by atoms with van der Waals surface area (Å²) in [5.41, 5.74) is 2.62. The quantitative estimate of drug-likeness (QED) is 0.475. The van der Waals surface area contributed by atoms with E-state index in [2.05, 4.69) is 19.9 Å². The molecule has 3 aromatic heterocycles. The standard InChI is InChI=1S/C22H17N5O3S/c1-11-20(31-12(2)24-11)18(28)16-17(13-7-9-23-10-8-13)27(21(30)19(16)29)22-25-14-5-3-4-6-15(14)26-22/h3-10,17,29H,1-2H3,(H,25,26). The number of aliphatic hydroxyl groups is 1. The summed E-state index contributed by atoms with van der Waals surface area (Å²) >= 11 is 1.24. The number of amides is 1. The molecule has 1 amide bonds. The van der Waals surface area contributed by atoms with E-state index in [-0.39, 0.29) is 11.5 Å². The molecule has 0 fully saturated rings. The third kappa shape index (κ3) is 3.01. The predicted octanol–water partition coefficient (Wildman–Crippen LogP) is 3.81. The molecule has 1 atom stereocenters. The second-order valence-corrected chi connectivity index (χ2v) is 8.38. The molecule has 1 aliphatic heterocycles. The van der Waals surface area contributed by atoms with Gasteiger partial charge in [0.1, 0.15) is 0 Å². The molecule has 8 nitrogen and oxygen atoms in total. The highest BCUT2D eigenvalue weighted by molar-refractivity contribution is 7.14. The molecule has 1 aromatic carbocycles. The fraction of sp³-hybridized carbons (Fsp3) is 0.136. The molecule has 0 aliphatic carbocycles. The lowest BCUT2D eigenvalue weighted by atomic mass is 9.96. The number of hydrogen-bond acceptors (Lipinski definition) is 7. The van der Waals surface area contributed by atoms with Gasteiger partial charge in [-0.3, -0.25) is 19.5 Å². The highest BCUT2D eigenvalue weighted by Gasteiger charge is 2.46. The van der Waals surface area contributed by atoms with E-state index in [0.29, 0.717) is 21.7 Å².